The van der Waals surface area contributed by atoms with Crippen molar-refractivity contribution >= 4 is 24.5 Å². The lowest BCUT2D eigenvalue weighted by atomic mass is 9.84. The molecule has 2 aliphatic rings. The number of benzene rings is 2. The molecule has 1 aliphatic heterocycles. The third-order valence-electron chi connectivity index (χ3n) is 7.50. The van der Waals surface area contributed by atoms with Gasteiger partial charge in [0.15, 0.2) is 0 Å². The van der Waals surface area contributed by atoms with Crippen molar-refractivity contribution in [1.29, 1.82) is 0 Å². The molecule has 42 heavy (non-hydrogen) atoms. The van der Waals surface area contributed by atoms with E-state index in [1.165, 1.54) is 12.0 Å². The Labute approximate surface area is 247 Å². The first kappa shape index (κ1) is 31.3. The molecular weight excluding hydrogens is 569 g/mol. The highest BCUT2D eigenvalue weighted by molar-refractivity contribution is 7.80. The van der Waals surface area contributed by atoms with Crippen molar-refractivity contribution in [3.05, 3.63) is 93.7 Å². The number of rotatable bonds is 7. The number of halogens is 3. The Morgan fingerprint density at radius 2 is 1.69 bits per heavy atom. The van der Waals surface area contributed by atoms with E-state index < -0.39 is 17.5 Å². The monoisotopic (exact) mass is 602 g/mol. The number of amides is 1. The van der Waals surface area contributed by atoms with Gasteiger partial charge in [-0.2, -0.15) is 13.2 Å². The summed E-state index contributed by atoms with van der Waals surface area (Å²) < 4.78 is 33.5. The number of hydrogen-bond donors (Lipinski definition) is 3. The quantitative estimate of drug-likeness (QED) is 0.322. The maximum atomic E-state index is 13.8. The van der Waals surface area contributed by atoms with Gasteiger partial charge < -0.3 is 15.3 Å². The molecule has 2 N–H and O–H groups in total. The number of alkyl halides is 3. The van der Waals surface area contributed by atoms with Gasteiger partial charge in [-0.3, -0.25) is 14.2 Å². The van der Waals surface area contributed by atoms with Crippen LogP contribution >= 0.6 is 12.6 Å². The average Bonchev–Trinajstić information content (AvgIpc) is 2.93. The van der Waals surface area contributed by atoms with E-state index in [9.17, 15) is 22.8 Å². The number of fused-ring (bicyclic) bond motifs is 1. The van der Waals surface area contributed by atoms with Crippen molar-refractivity contribution in [3.63, 3.8) is 0 Å². The minimum atomic E-state index is -5.08. The predicted octanol–water partition coefficient (Wildman–Crippen LogP) is 5.19. The summed E-state index contributed by atoms with van der Waals surface area (Å²) in [7, 11) is 0. The standard InChI is InChI=1S/C28H32N4O2S.C2HF3O2/c1-19(20-9-4-2-5-10-20)29-17-15-24(33)31-18-16-23-25(28(31)35)27(34)32(22-13-6-3-7-14-22)26(30-23)21-11-8-12-21;3-2(4,5)1(6)7/h2-7,9-10,13-14,19,21,28-29,35H,8,11-12,15-18H2,1H3;(H,6,7)/t19-,28?;/m1./s1. The van der Waals surface area contributed by atoms with Crippen molar-refractivity contribution in [1.82, 2.24) is 19.8 Å². The maximum absolute atomic E-state index is 13.8. The summed E-state index contributed by atoms with van der Waals surface area (Å²) in [4.78, 5) is 42.6. The van der Waals surface area contributed by atoms with Crippen LogP contribution in [0.25, 0.3) is 5.69 Å². The van der Waals surface area contributed by atoms with E-state index in [2.05, 4.69) is 24.4 Å². The number of carboxylic acids is 1. The fourth-order valence-electron chi connectivity index (χ4n) is 4.98. The van der Waals surface area contributed by atoms with Gasteiger partial charge >= 0.3 is 12.1 Å². The molecule has 0 spiro atoms. The van der Waals surface area contributed by atoms with Crippen LogP contribution in [0.15, 0.2) is 65.5 Å². The van der Waals surface area contributed by atoms with Crippen molar-refractivity contribution in [2.24, 2.45) is 0 Å². The molecule has 3 aromatic rings. The minimum absolute atomic E-state index is 0.00265. The lowest BCUT2D eigenvalue weighted by molar-refractivity contribution is -0.192. The normalized spacial score (nSPS) is 17.4. The summed E-state index contributed by atoms with van der Waals surface area (Å²) in [6.45, 7) is 3.18. The van der Waals surface area contributed by atoms with Gasteiger partial charge in [-0.25, -0.2) is 9.78 Å². The van der Waals surface area contributed by atoms with Crippen molar-refractivity contribution in [3.8, 4) is 5.69 Å². The second-order valence-electron chi connectivity index (χ2n) is 10.3. The lowest BCUT2D eigenvalue weighted by Crippen LogP contribution is -2.44. The number of aromatic nitrogens is 2. The second-order valence-corrected chi connectivity index (χ2v) is 10.8. The number of carbonyl (C=O) groups is 2. The van der Waals surface area contributed by atoms with E-state index in [0.717, 1.165) is 30.0 Å². The van der Waals surface area contributed by atoms with Crippen molar-refractivity contribution in [2.45, 2.75) is 62.5 Å². The summed E-state index contributed by atoms with van der Waals surface area (Å²) >= 11 is 4.78. The molecule has 1 saturated carbocycles. The Morgan fingerprint density at radius 3 is 2.24 bits per heavy atom. The molecule has 1 aliphatic carbocycles. The van der Waals surface area contributed by atoms with Gasteiger partial charge in [-0.1, -0.05) is 55.0 Å². The molecule has 12 heteroatoms. The lowest BCUT2D eigenvalue weighted by Gasteiger charge is -2.36. The van der Waals surface area contributed by atoms with Crippen LogP contribution in [0.3, 0.4) is 0 Å². The zero-order valence-electron chi connectivity index (χ0n) is 23.1. The zero-order chi connectivity index (χ0) is 30.4. The molecule has 2 heterocycles. The Bertz CT molecular complexity index is 1450. The minimum Gasteiger partial charge on any atom is -0.475 e. The van der Waals surface area contributed by atoms with Gasteiger partial charge in [0.2, 0.25) is 5.91 Å². The number of carbonyl (C=O) groups excluding carboxylic acids is 1. The van der Waals surface area contributed by atoms with Crippen LogP contribution in [-0.4, -0.2) is 50.7 Å². The van der Waals surface area contributed by atoms with Gasteiger partial charge in [-0.15, -0.1) is 12.6 Å². The van der Waals surface area contributed by atoms with Crippen LogP contribution in [0.5, 0.6) is 0 Å². The van der Waals surface area contributed by atoms with Gasteiger partial charge in [-0.05, 0) is 37.5 Å². The number of aliphatic carboxylic acids is 1. The molecule has 1 amide bonds. The average molecular weight is 603 g/mol. The van der Waals surface area contributed by atoms with Crippen LogP contribution < -0.4 is 10.9 Å². The molecule has 0 bridgehead atoms. The number of thiol groups is 1. The number of carboxylic acid groups (broad SMARTS) is 1. The summed E-state index contributed by atoms with van der Waals surface area (Å²) in [5.74, 6) is -1.60. The van der Waals surface area contributed by atoms with Crippen LogP contribution in [0, 0.1) is 0 Å². The first-order valence-electron chi connectivity index (χ1n) is 13.8. The Morgan fingerprint density at radius 1 is 1.10 bits per heavy atom. The maximum Gasteiger partial charge on any atom is 0.490 e. The number of hydrogen-bond acceptors (Lipinski definition) is 6. The topological polar surface area (TPSA) is 105 Å². The Balaban J connectivity index is 0.000000517. The largest absolute Gasteiger partial charge is 0.490 e. The summed E-state index contributed by atoms with van der Waals surface area (Å²) in [5, 5.41) is 9.96. The summed E-state index contributed by atoms with van der Waals surface area (Å²) in [6.07, 6.45) is -0.871. The first-order chi connectivity index (χ1) is 20.0. The van der Waals surface area contributed by atoms with E-state index in [1.54, 1.807) is 9.47 Å². The molecule has 2 atom stereocenters. The van der Waals surface area contributed by atoms with Gasteiger partial charge in [0.05, 0.1) is 16.9 Å². The molecule has 1 fully saturated rings. The van der Waals surface area contributed by atoms with Gasteiger partial charge in [0.1, 0.15) is 11.2 Å². The van der Waals surface area contributed by atoms with E-state index in [4.69, 9.17) is 27.5 Å². The SMILES string of the molecule is C[C@@H](NCCC(=O)N1CCc2nc(C3CCC3)n(-c3ccccc3)c(=O)c2C1S)c1ccccc1.O=C(O)C(F)(F)F. The fraction of sp³-hybridized carbons (Fsp3) is 0.400. The van der Waals surface area contributed by atoms with Crippen LogP contribution in [-0.2, 0) is 16.0 Å². The number of para-hydroxylation sites is 1. The van der Waals surface area contributed by atoms with Gasteiger partial charge in [0.25, 0.3) is 5.56 Å². The summed E-state index contributed by atoms with van der Waals surface area (Å²) in [5.41, 5.74) is 3.23. The highest BCUT2D eigenvalue weighted by atomic mass is 32.1. The van der Waals surface area contributed by atoms with Crippen LogP contribution in [0.4, 0.5) is 13.2 Å². The second kappa shape index (κ2) is 13.6. The molecule has 1 unspecified atom stereocenters. The fourth-order valence-corrected chi connectivity index (χ4v) is 5.48. The zero-order valence-corrected chi connectivity index (χ0v) is 23.9. The molecule has 1 aromatic heterocycles. The molecule has 2 aromatic carbocycles. The Hall–Kier alpha value is -3.64. The smallest absolute Gasteiger partial charge is 0.475 e. The number of nitrogens with one attached hydrogen (secondary N) is 1. The van der Waals surface area contributed by atoms with Gasteiger partial charge in [0, 0.05) is 37.9 Å². The molecule has 0 radical (unpaired) electrons. The first-order valence-corrected chi connectivity index (χ1v) is 14.3. The molecule has 0 saturated heterocycles. The van der Waals surface area contributed by atoms with Crippen molar-refractivity contribution in [2.75, 3.05) is 13.1 Å². The van der Waals surface area contributed by atoms with Crippen LogP contribution in [0.2, 0.25) is 0 Å². The van der Waals surface area contributed by atoms with E-state index in [1.807, 2.05) is 48.5 Å². The predicted molar refractivity (Wildman–Crippen MR) is 155 cm³/mol. The molecule has 8 nitrogen and oxygen atoms in total. The third kappa shape index (κ3) is 7.22. The molecular formula is C30H33F3N4O4S. The van der Waals surface area contributed by atoms with E-state index >= 15 is 0 Å². The third-order valence-corrected chi connectivity index (χ3v) is 8.04. The van der Waals surface area contributed by atoms with E-state index in [0.29, 0.717) is 37.4 Å². The molecule has 5 rings (SSSR count). The Kier molecular flexibility index (Phi) is 10.1. The highest BCUT2D eigenvalue weighted by Crippen LogP contribution is 2.38. The van der Waals surface area contributed by atoms with Crippen molar-refractivity contribution < 1.29 is 27.9 Å². The molecule has 224 valence electrons. The van der Waals surface area contributed by atoms with Crippen LogP contribution in [0.1, 0.15) is 72.6 Å². The summed E-state index contributed by atoms with van der Waals surface area (Å²) in [6, 6.07) is 20.0. The number of nitrogens with zero attached hydrogens (tertiary/aromatic N) is 3. The highest BCUT2D eigenvalue weighted by Gasteiger charge is 2.38. The van der Waals surface area contributed by atoms with E-state index in [-0.39, 0.29) is 17.5 Å².